The van der Waals surface area contributed by atoms with Gasteiger partial charge in [0.1, 0.15) is 0 Å². The van der Waals surface area contributed by atoms with Crippen LogP contribution in [-0.4, -0.2) is 38.9 Å². The van der Waals surface area contributed by atoms with Gasteiger partial charge in [-0.15, -0.1) is 0 Å². The lowest BCUT2D eigenvalue weighted by molar-refractivity contribution is -0.129. The van der Waals surface area contributed by atoms with Crippen LogP contribution in [0.5, 0.6) is 0 Å². The number of carbonyl (C=O) groups excluding carboxylic acids is 1. The highest BCUT2D eigenvalue weighted by atomic mass is 16.2. The standard InChI is InChI=1S/C9H14N4O/c1-2-9(14)12-6-3-8(7-12)13-10-4-5-11-13/h4-5,8H,2-3,6-7H2,1H3. The van der Waals surface area contributed by atoms with E-state index in [0.717, 1.165) is 19.5 Å². The van der Waals surface area contributed by atoms with Gasteiger partial charge in [-0.1, -0.05) is 6.92 Å². The Bertz CT molecular complexity index is 309. The molecule has 0 radical (unpaired) electrons. The number of rotatable bonds is 2. The molecule has 0 aliphatic carbocycles. The Kier molecular flexibility index (Phi) is 2.47. The number of hydrogen-bond donors (Lipinski definition) is 0. The maximum absolute atomic E-state index is 11.4. The first-order chi connectivity index (χ1) is 6.81. The van der Waals surface area contributed by atoms with Crippen molar-refractivity contribution in [3.05, 3.63) is 12.4 Å². The highest BCUT2D eigenvalue weighted by molar-refractivity contribution is 5.76. The Labute approximate surface area is 82.7 Å². The van der Waals surface area contributed by atoms with E-state index < -0.39 is 0 Å². The second-order valence-electron chi connectivity index (χ2n) is 3.49. The second kappa shape index (κ2) is 3.77. The molecule has 1 fully saturated rings. The molecule has 1 aliphatic rings. The van der Waals surface area contributed by atoms with Gasteiger partial charge in [-0.25, -0.2) is 0 Å². The van der Waals surface area contributed by atoms with Gasteiger partial charge < -0.3 is 4.90 Å². The van der Waals surface area contributed by atoms with Crippen molar-refractivity contribution in [2.45, 2.75) is 25.8 Å². The van der Waals surface area contributed by atoms with Gasteiger partial charge in [0.15, 0.2) is 0 Å². The molecule has 1 aliphatic heterocycles. The second-order valence-corrected chi connectivity index (χ2v) is 3.49. The van der Waals surface area contributed by atoms with Crippen molar-refractivity contribution < 1.29 is 4.79 Å². The maximum atomic E-state index is 11.4. The summed E-state index contributed by atoms with van der Waals surface area (Å²) in [4.78, 5) is 15.0. The summed E-state index contributed by atoms with van der Waals surface area (Å²) in [7, 11) is 0. The molecule has 2 heterocycles. The SMILES string of the molecule is CCC(=O)N1CCC(n2nccn2)C1. The van der Waals surface area contributed by atoms with Crippen LogP contribution >= 0.6 is 0 Å². The molecule has 1 amide bonds. The first kappa shape index (κ1) is 9.18. The minimum Gasteiger partial charge on any atom is -0.340 e. The van der Waals surface area contributed by atoms with E-state index in [1.165, 1.54) is 0 Å². The Balaban J connectivity index is 1.98. The van der Waals surface area contributed by atoms with Crippen LogP contribution in [0.25, 0.3) is 0 Å². The van der Waals surface area contributed by atoms with Crippen molar-refractivity contribution >= 4 is 5.91 Å². The van der Waals surface area contributed by atoms with Crippen LogP contribution in [0.2, 0.25) is 0 Å². The van der Waals surface area contributed by atoms with Crippen molar-refractivity contribution in [1.29, 1.82) is 0 Å². The van der Waals surface area contributed by atoms with Crippen molar-refractivity contribution in [2.75, 3.05) is 13.1 Å². The molecule has 14 heavy (non-hydrogen) atoms. The molecular formula is C9H14N4O. The summed E-state index contributed by atoms with van der Waals surface area (Å²) in [6, 6.07) is 0.264. The average molecular weight is 194 g/mol. The van der Waals surface area contributed by atoms with E-state index in [-0.39, 0.29) is 11.9 Å². The van der Waals surface area contributed by atoms with Crippen molar-refractivity contribution in [1.82, 2.24) is 19.9 Å². The minimum atomic E-state index is 0.222. The fourth-order valence-electron chi connectivity index (χ4n) is 1.80. The molecule has 5 nitrogen and oxygen atoms in total. The van der Waals surface area contributed by atoms with Crippen LogP contribution in [0.4, 0.5) is 0 Å². The van der Waals surface area contributed by atoms with E-state index in [9.17, 15) is 4.79 Å². The molecule has 0 bridgehead atoms. The van der Waals surface area contributed by atoms with Gasteiger partial charge in [0.05, 0.1) is 18.4 Å². The van der Waals surface area contributed by atoms with E-state index in [1.54, 1.807) is 17.2 Å². The number of hydrogen-bond acceptors (Lipinski definition) is 3. The molecule has 0 N–H and O–H groups in total. The summed E-state index contributed by atoms with van der Waals surface area (Å²) >= 11 is 0. The third-order valence-electron chi connectivity index (χ3n) is 2.58. The first-order valence-electron chi connectivity index (χ1n) is 4.95. The zero-order chi connectivity index (χ0) is 9.97. The fourth-order valence-corrected chi connectivity index (χ4v) is 1.80. The number of amides is 1. The molecule has 2 rings (SSSR count). The van der Waals surface area contributed by atoms with Crippen LogP contribution in [0.3, 0.4) is 0 Å². The number of aromatic nitrogens is 3. The smallest absolute Gasteiger partial charge is 0.222 e. The van der Waals surface area contributed by atoms with Gasteiger partial charge >= 0.3 is 0 Å². The summed E-state index contributed by atoms with van der Waals surface area (Å²) in [6.07, 6.45) is 4.88. The fraction of sp³-hybridized carbons (Fsp3) is 0.667. The van der Waals surface area contributed by atoms with E-state index in [4.69, 9.17) is 0 Å². The molecule has 1 aromatic heterocycles. The number of nitrogens with zero attached hydrogens (tertiary/aromatic N) is 4. The van der Waals surface area contributed by atoms with Gasteiger partial charge in [-0.2, -0.15) is 15.0 Å². The highest BCUT2D eigenvalue weighted by Gasteiger charge is 2.27. The third-order valence-corrected chi connectivity index (χ3v) is 2.58. The Morgan fingerprint density at radius 2 is 2.21 bits per heavy atom. The maximum Gasteiger partial charge on any atom is 0.222 e. The Hall–Kier alpha value is -1.39. The number of carbonyl (C=O) groups is 1. The topological polar surface area (TPSA) is 51.0 Å². The molecular weight excluding hydrogens is 180 g/mol. The summed E-state index contributed by atoms with van der Waals surface area (Å²) in [5, 5.41) is 8.17. The first-order valence-corrected chi connectivity index (χ1v) is 4.95. The molecule has 5 heteroatoms. The molecule has 1 atom stereocenters. The molecule has 0 aromatic carbocycles. The predicted molar refractivity (Wildman–Crippen MR) is 50.5 cm³/mol. The monoisotopic (exact) mass is 194 g/mol. The van der Waals surface area contributed by atoms with E-state index in [1.807, 2.05) is 11.8 Å². The summed E-state index contributed by atoms with van der Waals surface area (Å²) in [6.45, 7) is 3.47. The van der Waals surface area contributed by atoms with E-state index in [0.29, 0.717) is 6.42 Å². The lowest BCUT2D eigenvalue weighted by Gasteiger charge is -2.14. The molecule has 1 unspecified atom stereocenters. The molecule has 1 aromatic rings. The van der Waals surface area contributed by atoms with Crippen LogP contribution in [-0.2, 0) is 4.79 Å². The van der Waals surface area contributed by atoms with Crippen molar-refractivity contribution in [2.24, 2.45) is 0 Å². The molecule has 0 saturated carbocycles. The summed E-state index contributed by atoms with van der Waals surface area (Å²) in [5.41, 5.74) is 0. The largest absolute Gasteiger partial charge is 0.340 e. The third kappa shape index (κ3) is 1.62. The quantitative estimate of drug-likeness (QED) is 0.687. The van der Waals surface area contributed by atoms with Crippen molar-refractivity contribution in [3.8, 4) is 0 Å². The van der Waals surface area contributed by atoms with Gasteiger partial charge in [0.2, 0.25) is 5.91 Å². The molecule has 1 saturated heterocycles. The van der Waals surface area contributed by atoms with Gasteiger partial charge in [0, 0.05) is 19.5 Å². The molecule has 76 valence electrons. The summed E-state index contributed by atoms with van der Waals surface area (Å²) < 4.78 is 0. The lowest BCUT2D eigenvalue weighted by Crippen LogP contribution is -2.28. The number of likely N-dealkylation sites (tertiary alicyclic amines) is 1. The summed E-state index contributed by atoms with van der Waals surface area (Å²) in [5.74, 6) is 0.222. The predicted octanol–water partition coefficient (Wildman–Crippen LogP) is 0.462. The lowest BCUT2D eigenvalue weighted by atomic mass is 10.3. The normalized spacial score (nSPS) is 21.5. The zero-order valence-electron chi connectivity index (χ0n) is 8.26. The Morgan fingerprint density at radius 1 is 1.50 bits per heavy atom. The highest BCUT2D eigenvalue weighted by Crippen LogP contribution is 2.19. The van der Waals surface area contributed by atoms with Gasteiger partial charge in [-0.05, 0) is 6.42 Å². The van der Waals surface area contributed by atoms with Crippen LogP contribution in [0, 0.1) is 0 Å². The van der Waals surface area contributed by atoms with Crippen LogP contribution in [0.1, 0.15) is 25.8 Å². The average Bonchev–Trinajstić information content (AvgIpc) is 2.86. The zero-order valence-corrected chi connectivity index (χ0v) is 8.26. The van der Waals surface area contributed by atoms with E-state index >= 15 is 0 Å². The van der Waals surface area contributed by atoms with Crippen molar-refractivity contribution in [3.63, 3.8) is 0 Å². The van der Waals surface area contributed by atoms with Crippen LogP contribution < -0.4 is 0 Å². The Morgan fingerprint density at radius 3 is 2.86 bits per heavy atom. The van der Waals surface area contributed by atoms with E-state index in [2.05, 4.69) is 10.2 Å². The van der Waals surface area contributed by atoms with Gasteiger partial charge in [0.25, 0.3) is 0 Å². The van der Waals surface area contributed by atoms with Crippen LogP contribution in [0.15, 0.2) is 12.4 Å². The minimum absolute atomic E-state index is 0.222. The molecule has 0 spiro atoms. The van der Waals surface area contributed by atoms with Gasteiger partial charge in [-0.3, -0.25) is 4.79 Å².